The Bertz CT molecular complexity index is 752. The van der Waals surface area contributed by atoms with Crippen molar-refractivity contribution in [2.45, 2.75) is 25.9 Å². The summed E-state index contributed by atoms with van der Waals surface area (Å²) in [5.41, 5.74) is 4.62. The van der Waals surface area contributed by atoms with Crippen LogP contribution in [0.1, 0.15) is 29.3 Å². The molecule has 1 aromatic heterocycles. The number of benzene rings is 1. The van der Waals surface area contributed by atoms with Gasteiger partial charge in [-0.05, 0) is 43.0 Å². The van der Waals surface area contributed by atoms with Gasteiger partial charge in [0.25, 0.3) is 0 Å². The molecular weight excluding hydrogens is 290 g/mol. The van der Waals surface area contributed by atoms with E-state index in [2.05, 4.69) is 24.2 Å². The van der Waals surface area contributed by atoms with Crippen molar-refractivity contribution >= 4 is 11.6 Å². The van der Waals surface area contributed by atoms with Crippen LogP contribution in [0.15, 0.2) is 30.5 Å². The van der Waals surface area contributed by atoms with Gasteiger partial charge in [0.2, 0.25) is 5.91 Å². The molecule has 4 rings (SSSR count). The zero-order valence-corrected chi connectivity index (χ0v) is 13.5. The Kier molecular flexibility index (Phi) is 3.45. The number of aryl methyl sites for hydroxylation is 2. The summed E-state index contributed by atoms with van der Waals surface area (Å²) < 4.78 is 7.68. The minimum absolute atomic E-state index is 0.128. The molecule has 0 spiro atoms. The molecule has 2 aromatic rings. The molecule has 1 aromatic carbocycles. The summed E-state index contributed by atoms with van der Waals surface area (Å²) in [4.78, 5) is 15.1. The van der Waals surface area contributed by atoms with Crippen molar-refractivity contribution in [2.75, 3.05) is 18.1 Å². The summed E-state index contributed by atoms with van der Waals surface area (Å²) in [6.07, 6.45) is 3.28. The largest absolute Gasteiger partial charge is 0.371 e. The quantitative estimate of drug-likeness (QED) is 0.855. The molecule has 2 atom stereocenters. The van der Waals surface area contributed by atoms with E-state index >= 15 is 0 Å². The lowest BCUT2D eigenvalue weighted by Crippen LogP contribution is -2.36. The highest BCUT2D eigenvalue weighted by Crippen LogP contribution is 2.38. The zero-order chi connectivity index (χ0) is 16.0. The van der Waals surface area contributed by atoms with Gasteiger partial charge in [0.05, 0.1) is 11.6 Å². The van der Waals surface area contributed by atoms with Crippen LogP contribution in [0.25, 0.3) is 0 Å². The van der Waals surface area contributed by atoms with E-state index in [1.807, 2.05) is 24.1 Å². The van der Waals surface area contributed by atoms with Crippen molar-refractivity contribution in [1.82, 2.24) is 9.78 Å². The predicted molar refractivity (Wildman–Crippen MR) is 87.2 cm³/mol. The second-order valence-electron chi connectivity index (χ2n) is 6.38. The number of rotatable bonds is 2. The van der Waals surface area contributed by atoms with E-state index in [1.54, 1.807) is 10.9 Å². The Hall–Kier alpha value is -2.14. The van der Waals surface area contributed by atoms with Crippen molar-refractivity contribution in [3.63, 3.8) is 0 Å². The maximum absolute atomic E-state index is 13.2. The Balaban J connectivity index is 1.63. The van der Waals surface area contributed by atoms with E-state index in [4.69, 9.17) is 4.74 Å². The molecule has 0 N–H and O–H groups in total. The lowest BCUT2D eigenvalue weighted by Gasteiger charge is -2.24. The van der Waals surface area contributed by atoms with E-state index in [1.165, 1.54) is 11.1 Å². The van der Waals surface area contributed by atoms with Crippen LogP contribution in [-0.2, 0) is 23.0 Å². The average Bonchev–Trinajstić information content (AvgIpc) is 3.24. The van der Waals surface area contributed by atoms with Gasteiger partial charge in [0, 0.05) is 32.1 Å². The van der Waals surface area contributed by atoms with Gasteiger partial charge >= 0.3 is 0 Å². The molecule has 0 radical (unpaired) electrons. The summed E-state index contributed by atoms with van der Waals surface area (Å²) >= 11 is 0. The molecule has 1 saturated heterocycles. The summed E-state index contributed by atoms with van der Waals surface area (Å²) in [5.74, 6) is 0.0508. The van der Waals surface area contributed by atoms with Crippen LogP contribution >= 0.6 is 0 Å². The Morgan fingerprint density at radius 1 is 1.35 bits per heavy atom. The third-order valence-corrected chi connectivity index (χ3v) is 5.09. The first kappa shape index (κ1) is 14.5. The highest BCUT2D eigenvalue weighted by Gasteiger charge is 2.40. The molecule has 0 saturated carbocycles. The Morgan fingerprint density at radius 3 is 3.00 bits per heavy atom. The minimum Gasteiger partial charge on any atom is -0.371 e. The normalized spacial score (nSPS) is 23.3. The SMILES string of the molecule is Cc1cccc2c1CCN2C(=O)[C@@H]1CCO[C@H]1c1ccnn1C. The topological polar surface area (TPSA) is 47.4 Å². The van der Waals surface area contributed by atoms with Gasteiger partial charge in [0.1, 0.15) is 6.10 Å². The molecule has 3 heterocycles. The number of hydrogen-bond acceptors (Lipinski definition) is 3. The highest BCUT2D eigenvalue weighted by atomic mass is 16.5. The van der Waals surface area contributed by atoms with Gasteiger partial charge in [-0.15, -0.1) is 0 Å². The lowest BCUT2D eigenvalue weighted by molar-refractivity contribution is -0.124. The minimum atomic E-state index is -0.191. The van der Waals surface area contributed by atoms with Crippen LogP contribution < -0.4 is 4.90 Å². The lowest BCUT2D eigenvalue weighted by atomic mass is 9.97. The van der Waals surface area contributed by atoms with Crippen molar-refractivity contribution in [3.05, 3.63) is 47.3 Å². The molecular formula is C18H21N3O2. The fourth-order valence-corrected chi connectivity index (χ4v) is 3.84. The number of carbonyl (C=O) groups is 1. The van der Waals surface area contributed by atoms with Crippen molar-refractivity contribution in [2.24, 2.45) is 13.0 Å². The number of amides is 1. The summed E-state index contributed by atoms with van der Waals surface area (Å²) in [7, 11) is 1.90. The van der Waals surface area contributed by atoms with Gasteiger partial charge in [-0.3, -0.25) is 9.48 Å². The molecule has 2 aliphatic rings. The van der Waals surface area contributed by atoms with Crippen LogP contribution in [-0.4, -0.2) is 28.8 Å². The van der Waals surface area contributed by atoms with Crippen molar-refractivity contribution in [1.29, 1.82) is 0 Å². The number of hydrogen-bond donors (Lipinski definition) is 0. The number of anilines is 1. The smallest absolute Gasteiger partial charge is 0.233 e. The number of carbonyl (C=O) groups excluding carboxylic acids is 1. The maximum atomic E-state index is 13.2. The molecule has 5 nitrogen and oxygen atoms in total. The molecule has 0 unspecified atom stereocenters. The highest BCUT2D eigenvalue weighted by molar-refractivity contribution is 5.97. The number of aromatic nitrogens is 2. The van der Waals surface area contributed by atoms with E-state index in [0.29, 0.717) is 6.61 Å². The summed E-state index contributed by atoms with van der Waals surface area (Å²) in [6, 6.07) is 8.15. The molecule has 0 aliphatic carbocycles. The summed E-state index contributed by atoms with van der Waals surface area (Å²) in [5, 5.41) is 4.21. The standard InChI is InChI=1S/C18H21N3O2/c1-12-4-3-5-15-13(12)7-10-21(15)18(22)14-8-11-23-17(14)16-6-9-19-20(16)2/h3-6,9,14,17H,7-8,10-11H2,1-2H3/t14-,17-/m1/s1. The molecule has 23 heavy (non-hydrogen) atoms. The van der Waals surface area contributed by atoms with Gasteiger partial charge in [-0.2, -0.15) is 5.10 Å². The number of ether oxygens (including phenoxy) is 1. The average molecular weight is 311 g/mol. The molecule has 1 amide bonds. The van der Waals surface area contributed by atoms with E-state index in [-0.39, 0.29) is 17.9 Å². The zero-order valence-electron chi connectivity index (χ0n) is 13.5. The first-order chi connectivity index (χ1) is 11.2. The van der Waals surface area contributed by atoms with Crippen molar-refractivity contribution in [3.8, 4) is 0 Å². The molecule has 2 aliphatic heterocycles. The molecule has 1 fully saturated rings. The van der Waals surface area contributed by atoms with Gasteiger partial charge in [0.15, 0.2) is 0 Å². The van der Waals surface area contributed by atoms with Crippen LogP contribution in [0, 0.1) is 12.8 Å². The van der Waals surface area contributed by atoms with Crippen LogP contribution in [0.3, 0.4) is 0 Å². The summed E-state index contributed by atoms with van der Waals surface area (Å²) in [6.45, 7) is 3.51. The first-order valence-corrected chi connectivity index (χ1v) is 8.16. The Morgan fingerprint density at radius 2 is 2.22 bits per heavy atom. The molecule has 5 heteroatoms. The van der Waals surface area contributed by atoms with Crippen LogP contribution in [0.5, 0.6) is 0 Å². The van der Waals surface area contributed by atoms with E-state index in [0.717, 1.165) is 30.8 Å². The molecule has 0 bridgehead atoms. The second-order valence-corrected chi connectivity index (χ2v) is 6.38. The first-order valence-electron chi connectivity index (χ1n) is 8.16. The van der Waals surface area contributed by atoms with Crippen molar-refractivity contribution < 1.29 is 9.53 Å². The van der Waals surface area contributed by atoms with E-state index < -0.39 is 0 Å². The van der Waals surface area contributed by atoms with E-state index in [9.17, 15) is 4.79 Å². The van der Waals surface area contributed by atoms with Crippen LogP contribution in [0.2, 0.25) is 0 Å². The Labute approximate surface area is 135 Å². The van der Waals surface area contributed by atoms with Gasteiger partial charge in [-0.1, -0.05) is 12.1 Å². The third-order valence-electron chi connectivity index (χ3n) is 5.09. The maximum Gasteiger partial charge on any atom is 0.233 e. The predicted octanol–water partition coefficient (Wildman–Crippen LogP) is 2.40. The van der Waals surface area contributed by atoms with Gasteiger partial charge < -0.3 is 9.64 Å². The third kappa shape index (κ3) is 2.27. The molecule has 120 valence electrons. The van der Waals surface area contributed by atoms with Gasteiger partial charge in [-0.25, -0.2) is 0 Å². The number of fused-ring (bicyclic) bond motifs is 1. The second kappa shape index (κ2) is 5.49. The fourth-order valence-electron chi connectivity index (χ4n) is 3.84. The number of nitrogens with zero attached hydrogens (tertiary/aromatic N) is 3. The van der Waals surface area contributed by atoms with Crippen LogP contribution in [0.4, 0.5) is 5.69 Å². The fraction of sp³-hybridized carbons (Fsp3) is 0.444. The monoisotopic (exact) mass is 311 g/mol.